The SMILES string of the molecule is O=C(c1ccccn1)c1c(Cl)cccc1Cl. The summed E-state index contributed by atoms with van der Waals surface area (Å²) in [6, 6.07) is 10.1. The van der Waals surface area contributed by atoms with Crippen molar-refractivity contribution in [3.8, 4) is 0 Å². The van der Waals surface area contributed by atoms with Crippen molar-refractivity contribution < 1.29 is 4.79 Å². The second kappa shape index (κ2) is 4.64. The minimum atomic E-state index is -0.267. The lowest BCUT2D eigenvalue weighted by Gasteiger charge is -2.04. The van der Waals surface area contributed by atoms with E-state index in [1.54, 1.807) is 42.6 Å². The number of halogens is 2. The van der Waals surface area contributed by atoms with Crippen molar-refractivity contribution in [2.24, 2.45) is 0 Å². The second-order valence-electron chi connectivity index (χ2n) is 3.14. The van der Waals surface area contributed by atoms with Crippen LogP contribution in [0.2, 0.25) is 10.0 Å². The van der Waals surface area contributed by atoms with Gasteiger partial charge in [-0.05, 0) is 24.3 Å². The van der Waals surface area contributed by atoms with Crippen molar-refractivity contribution in [2.75, 3.05) is 0 Å². The molecule has 0 fully saturated rings. The van der Waals surface area contributed by atoms with Gasteiger partial charge in [0.25, 0.3) is 0 Å². The summed E-state index contributed by atoms with van der Waals surface area (Å²) in [5, 5.41) is 0.673. The van der Waals surface area contributed by atoms with Crippen molar-refractivity contribution >= 4 is 29.0 Å². The fourth-order valence-electron chi connectivity index (χ4n) is 1.34. The number of aromatic nitrogens is 1. The van der Waals surface area contributed by atoms with E-state index in [1.165, 1.54) is 0 Å². The zero-order chi connectivity index (χ0) is 11.5. The largest absolute Gasteiger partial charge is 0.287 e. The third kappa shape index (κ3) is 2.08. The van der Waals surface area contributed by atoms with Crippen LogP contribution >= 0.6 is 23.2 Å². The molecule has 0 amide bonds. The first-order chi connectivity index (χ1) is 7.70. The van der Waals surface area contributed by atoms with E-state index in [4.69, 9.17) is 23.2 Å². The van der Waals surface area contributed by atoms with E-state index in [0.29, 0.717) is 21.3 Å². The number of hydrogen-bond donors (Lipinski definition) is 0. The maximum absolute atomic E-state index is 12.1. The van der Waals surface area contributed by atoms with Gasteiger partial charge in [-0.2, -0.15) is 0 Å². The van der Waals surface area contributed by atoms with Gasteiger partial charge in [-0.25, -0.2) is 0 Å². The van der Waals surface area contributed by atoms with E-state index >= 15 is 0 Å². The first-order valence-corrected chi connectivity index (χ1v) is 5.35. The summed E-state index contributed by atoms with van der Waals surface area (Å²) in [5.74, 6) is -0.267. The zero-order valence-corrected chi connectivity index (χ0v) is 9.66. The molecule has 0 aliphatic heterocycles. The summed E-state index contributed by atoms with van der Waals surface area (Å²) in [4.78, 5) is 16.0. The molecule has 0 saturated heterocycles. The van der Waals surface area contributed by atoms with Crippen molar-refractivity contribution in [3.05, 3.63) is 63.9 Å². The Morgan fingerprint density at radius 1 is 1.00 bits per heavy atom. The Balaban J connectivity index is 2.50. The summed E-state index contributed by atoms with van der Waals surface area (Å²) in [6.45, 7) is 0. The molecule has 0 radical (unpaired) electrons. The summed E-state index contributed by atoms with van der Waals surface area (Å²) >= 11 is 11.9. The molecule has 2 rings (SSSR count). The van der Waals surface area contributed by atoms with Gasteiger partial charge < -0.3 is 0 Å². The number of carbonyl (C=O) groups excluding carboxylic acids is 1. The number of rotatable bonds is 2. The van der Waals surface area contributed by atoms with Crippen LogP contribution in [0.1, 0.15) is 16.1 Å². The molecular weight excluding hydrogens is 245 g/mol. The minimum absolute atomic E-state index is 0.267. The summed E-state index contributed by atoms with van der Waals surface area (Å²) < 4.78 is 0. The normalized spacial score (nSPS) is 10.1. The van der Waals surface area contributed by atoms with Crippen LogP contribution in [-0.2, 0) is 0 Å². The van der Waals surface area contributed by atoms with Gasteiger partial charge in [0.05, 0.1) is 15.6 Å². The molecule has 4 heteroatoms. The van der Waals surface area contributed by atoms with Crippen LogP contribution in [0.3, 0.4) is 0 Å². The Morgan fingerprint density at radius 2 is 1.69 bits per heavy atom. The number of ketones is 1. The van der Waals surface area contributed by atoms with Gasteiger partial charge in [-0.15, -0.1) is 0 Å². The maximum Gasteiger partial charge on any atom is 0.214 e. The molecule has 0 spiro atoms. The Bertz CT molecular complexity index is 506. The molecule has 0 bridgehead atoms. The van der Waals surface area contributed by atoms with Crippen LogP contribution in [0, 0.1) is 0 Å². The molecule has 0 aliphatic carbocycles. The van der Waals surface area contributed by atoms with Gasteiger partial charge in [0.15, 0.2) is 0 Å². The van der Waals surface area contributed by atoms with Gasteiger partial charge in [0.1, 0.15) is 5.69 Å². The number of nitrogens with zero attached hydrogens (tertiary/aromatic N) is 1. The van der Waals surface area contributed by atoms with E-state index in [-0.39, 0.29) is 5.78 Å². The van der Waals surface area contributed by atoms with Crippen molar-refractivity contribution in [1.82, 2.24) is 4.98 Å². The molecule has 0 saturated carbocycles. The Morgan fingerprint density at radius 3 is 2.25 bits per heavy atom. The molecule has 0 unspecified atom stereocenters. The lowest BCUT2D eigenvalue weighted by atomic mass is 10.1. The minimum Gasteiger partial charge on any atom is -0.287 e. The topological polar surface area (TPSA) is 30.0 Å². The number of pyridine rings is 1. The Kier molecular flexibility index (Phi) is 3.22. The van der Waals surface area contributed by atoms with Crippen LogP contribution in [0.4, 0.5) is 0 Å². The molecule has 0 aliphatic rings. The molecule has 1 aromatic carbocycles. The van der Waals surface area contributed by atoms with E-state index in [0.717, 1.165) is 0 Å². The maximum atomic E-state index is 12.1. The highest BCUT2D eigenvalue weighted by atomic mass is 35.5. The average Bonchev–Trinajstić information content (AvgIpc) is 2.30. The molecular formula is C12H7Cl2NO. The molecule has 80 valence electrons. The fraction of sp³-hybridized carbons (Fsp3) is 0. The standard InChI is InChI=1S/C12H7Cl2NO/c13-8-4-3-5-9(14)11(8)12(16)10-6-1-2-7-15-10/h1-7H. The quantitative estimate of drug-likeness (QED) is 0.764. The summed E-state index contributed by atoms with van der Waals surface area (Å²) in [5.41, 5.74) is 0.627. The van der Waals surface area contributed by atoms with Crippen molar-refractivity contribution in [3.63, 3.8) is 0 Å². The monoisotopic (exact) mass is 251 g/mol. The molecule has 16 heavy (non-hydrogen) atoms. The van der Waals surface area contributed by atoms with E-state index in [1.807, 2.05) is 0 Å². The fourth-order valence-corrected chi connectivity index (χ4v) is 1.91. The summed E-state index contributed by atoms with van der Waals surface area (Å²) in [6.07, 6.45) is 1.55. The van der Waals surface area contributed by atoms with Gasteiger partial charge >= 0.3 is 0 Å². The van der Waals surface area contributed by atoms with E-state index in [2.05, 4.69) is 4.98 Å². The van der Waals surface area contributed by atoms with Crippen LogP contribution in [0.15, 0.2) is 42.6 Å². The van der Waals surface area contributed by atoms with E-state index < -0.39 is 0 Å². The molecule has 2 nitrogen and oxygen atoms in total. The van der Waals surface area contributed by atoms with Crippen LogP contribution in [-0.4, -0.2) is 10.8 Å². The Labute approximate surface area is 103 Å². The first-order valence-electron chi connectivity index (χ1n) is 4.60. The summed E-state index contributed by atoms with van der Waals surface area (Å²) in [7, 11) is 0. The molecule has 0 atom stereocenters. The molecule has 0 N–H and O–H groups in total. The number of hydrogen-bond acceptors (Lipinski definition) is 2. The smallest absolute Gasteiger partial charge is 0.214 e. The van der Waals surface area contributed by atoms with Crippen LogP contribution < -0.4 is 0 Å². The lowest BCUT2D eigenvalue weighted by molar-refractivity contribution is 0.103. The predicted octanol–water partition coefficient (Wildman–Crippen LogP) is 3.62. The third-order valence-corrected chi connectivity index (χ3v) is 2.72. The van der Waals surface area contributed by atoms with Crippen LogP contribution in [0.5, 0.6) is 0 Å². The van der Waals surface area contributed by atoms with Gasteiger partial charge in [-0.3, -0.25) is 9.78 Å². The Hall–Kier alpha value is -1.38. The predicted molar refractivity (Wildman–Crippen MR) is 64.1 cm³/mol. The number of carbonyl (C=O) groups is 1. The van der Waals surface area contributed by atoms with Gasteiger partial charge in [0, 0.05) is 6.20 Å². The van der Waals surface area contributed by atoms with Crippen molar-refractivity contribution in [2.45, 2.75) is 0 Å². The zero-order valence-electron chi connectivity index (χ0n) is 8.15. The third-order valence-electron chi connectivity index (χ3n) is 2.09. The molecule has 1 heterocycles. The average molecular weight is 252 g/mol. The van der Waals surface area contributed by atoms with Crippen LogP contribution in [0.25, 0.3) is 0 Å². The first kappa shape index (κ1) is 11.1. The highest BCUT2D eigenvalue weighted by molar-refractivity contribution is 6.40. The van der Waals surface area contributed by atoms with Gasteiger partial charge in [-0.1, -0.05) is 35.3 Å². The second-order valence-corrected chi connectivity index (χ2v) is 3.96. The number of benzene rings is 1. The van der Waals surface area contributed by atoms with E-state index in [9.17, 15) is 4.79 Å². The highest BCUT2D eigenvalue weighted by Crippen LogP contribution is 2.26. The highest BCUT2D eigenvalue weighted by Gasteiger charge is 2.16. The molecule has 2 aromatic rings. The molecule has 1 aromatic heterocycles. The van der Waals surface area contributed by atoms with Crippen molar-refractivity contribution in [1.29, 1.82) is 0 Å². The van der Waals surface area contributed by atoms with Gasteiger partial charge in [0.2, 0.25) is 5.78 Å². The lowest BCUT2D eigenvalue weighted by Crippen LogP contribution is -2.05.